The number of aromatic amines is 1. The molecule has 0 saturated carbocycles. The average Bonchev–Trinajstić information content (AvgIpc) is 3.34. The van der Waals surface area contributed by atoms with Crippen molar-refractivity contribution >= 4 is 28.4 Å². The van der Waals surface area contributed by atoms with Crippen molar-refractivity contribution in [2.75, 3.05) is 31.2 Å². The summed E-state index contributed by atoms with van der Waals surface area (Å²) in [6.07, 6.45) is 3.63. The van der Waals surface area contributed by atoms with Gasteiger partial charge in [0, 0.05) is 30.9 Å². The molecule has 4 N–H and O–H groups in total. The molecule has 1 fully saturated rings. The predicted octanol–water partition coefficient (Wildman–Crippen LogP) is 1.84. The first-order valence-electron chi connectivity index (χ1n) is 10.1. The van der Waals surface area contributed by atoms with Crippen LogP contribution in [0, 0.1) is 0 Å². The number of aryl methyl sites for hydroxylation is 1. The summed E-state index contributed by atoms with van der Waals surface area (Å²) < 4.78 is 7.04. The van der Waals surface area contributed by atoms with E-state index < -0.39 is 0 Å². The van der Waals surface area contributed by atoms with E-state index in [0.29, 0.717) is 45.7 Å². The molecule has 0 spiro atoms. The predicted molar refractivity (Wildman–Crippen MR) is 116 cm³/mol. The zero-order valence-electron chi connectivity index (χ0n) is 17.3. The third kappa shape index (κ3) is 3.63. The Labute approximate surface area is 177 Å². The van der Waals surface area contributed by atoms with E-state index in [2.05, 4.69) is 42.5 Å². The van der Waals surface area contributed by atoms with E-state index in [1.807, 2.05) is 0 Å². The van der Waals surface area contributed by atoms with E-state index >= 15 is 0 Å². The number of H-pyrrole nitrogens is 1. The van der Waals surface area contributed by atoms with Gasteiger partial charge in [0.2, 0.25) is 0 Å². The zero-order chi connectivity index (χ0) is 21.5. The number of likely N-dealkylation sites (tertiary alicyclic amines) is 1. The van der Waals surface area contributed by atoms with Gasteiger partial charge in [0.25, 0.3) is 11.4 Å². The molecule has 1 saturated heterocycles. The molecule has 31 heavy (non-hydrogen) atoms. The van der Waals surface area contributed by atoms with Crippen molar-refractivity contribution in [1.82, 2.24) is 34.8 Å². The molecular weight excluding hydrogens is 398 g/mol. The van der Waals surface area contributed by atoms with Gasteiger partial charge in [-0.2, -0.15) is 4.98 Å². The topological polar surface area (TPSA) is 144 Å². The molecule has 0 atom stereocenters. The number of nitrogens with two attached hydrogens (primary N) is 1. The fraction of sp³-hybridized carbons (Fsp3) is 0.350. The van der Waals surface area contributed by atoms with Crippen molar-refractivity contribution in [2.45, 2.75) is 18.8 Å². The lowest BCUT2D eigenvalue weighted by Gasteiger charge is -2.26. The van der Waals surface area contributed by atoms with Gasteiger partial charge < -0.3 is 20.5 Å². The van der Waals surface area contributed by atoms with Crippen molar-refractivity contribution in [3.8, 4) is 11.5 Å². The van der Waals surface area contributed by atoms with Crippen LogP contribution in [0.1, 0.15) is 24.6 Å². The lowest BCUT2D eigenvalue weighted by Crippen LogP contribution is -2.29. The van der Waals surface area contributed by atoms with Gasteiger partial charge in [-0.3, -0.25) is 14.6 Å². The molecular formula is C20H23N9O2. The standard InChI is InChI=1S/C20H23N9O2/c1-28-7-5-11(6-8-28)17-25-20(31-27-17)13-10-22-16(9-14(13)21)23-15-4-3-12-18(24-15)29(2)26-19(12)30/h3-4,9-11H,5-8H2,1-2H3,(H,26,30)(H3,21,22,23,24). The second-order valence-corrected chi connectivity index (χ2v) is 7.88. The molecule has 0 amide bonds. The highest BCUT2D eigenvalue weighted by atomic mass is 16.5. The second kappa shape index (κ2) is 7.51. The van der Waals surface area contributed by atoms with Gasteiger partial charge in [-0.05, 0) is 45.1 Å². The van der Waals surface area contributed by atoms with Crippen molar-refractivity contribution in [1.29, 1.82) is 0 Å². The number of fused-ring (bicyclic) bond motifs is 1. The highest BCUT2D eigenvalue weighted by Crippen LogP contribution is 2.30. The normalized spacial score (nSPS) is 15.5. The summed E-state index contributed by atoms with van der Waals surface area (Å²) in [5.74, 6) is 2.45. The Morgan fingerprint density at radius 3 is 2.77 bits per heavy atom. The van der Waals surface area contributed by atoms with Crippen LogP contribution in [0.15, 0.2) is 33.7 Å². The van der Waals surface area contributed by atoms with Gasteiger partial charge in [0.15, 0.2) is 11.5 Å². The number of pyridine rings is 2. The van der Waals surface area contributed by atoms with E-state index in [1.165, 1.54) is 0 Å². The first kappa shape index (κ1) is 19.2. The number of anilines is 3. The molecule has 0 aliphatic carbocycles. The van der Waals surface area contributed by atoms with Crippen LogP contribution in [-0.2, 0) is 7.05 Å². The first-order chi connectivity index (χ1) is 15.0. The minimum absolute atomic E-state index is 0.178. The minimum Gasteiger partial charge on any atom is -0.398 e. The van der Waals surface area contributed by atoms with E-state index in [1.54, 1.807) is 36.1 Å². The molecule has 11 nitrogen and oxygen atoms in total. The molecule has 0 aromatic carbocycles. The molecule has 1 aliphatic heterocycles. The molecule has 1 aliphatic rings. The van der Waals surface area contributed by atoms with Crippen LogP contribution in [-0.4, -0.2) is 54.9 Å². The smallest absolute Gasteiger partial charge is 0.273 e. The number of piperidine rings is 1. The summed E-state index contributed by atoms with van der Waals surface area (Å²) in [5.41, 5.74) is 7.67. The quantitative estimate of drug-likeness (QED) is 0.449. The third-order valence-electron chi connectivity index (χ3n) is 5.65. The van der Waals surface area contributed by atoms with E-state index in [9.17, 15) is 4.79 Å². The molecule has 0 radical (unpaired) electrons. The highest BCUT2D eigenvalue weighted by molar-refractivity contribution is 5.78. The van der Waals surface area contributed by atoms with Crippen LogP contribution in [0.4, 0.5) is 17.3 Å². The molecule has 5 heterocycles. The fourth-order valence-electron chi connectivity index (χ4n) is 3.84. The van der Waals surface area contributed by atoms with Gasteiger partial charge in [-0.15, -0.1) is 0 Å². The van der Waals surface area contributed by atoms with Crippen LogP contribution in [0.3, 0.4) is 0 Å². The van der Waals surface area contributed by atoms with Gasteiger partial charge in [0.05, 0.1) is 10.9 Å². The Morgan fingerprint density at radius 1 is 1.19 bits per heavy atom. The SMILES string of the molecule is CN1CCC(c2noc(-c3cnc(Nc4ccc5c(=O)[nH]n(C)c5n4)cc3N)n2)CC1. The summed E-state index contributed by atoms with van der Waals surface area (Å²) in [6.45, 7) is 2.05. The number of rotatable bonds is 4. The van der Waals surface area contributed by atoms with E-state index in [0.717, 1.165) is 31.8 Å². The number of aromatic nitrogens is 6. The summed E-state index contributed by atoms with van der Waals surface area (Å²) in [7, 11) is 3.85. The average molecular weight is 421 g/mol. The van der Waals surface area contributed by atoms with Crippen LogP contribution < -0.4 is 16.6 Å². The molecule has 0 unspecified atom stereocenters. The third-order valence-corrected chi connectivity index (χ3v) is 5.65. The second-order valence-electron chi connectivity index (χ2n) is 7.88. The number of hydrogen-bond donors (Lipinski definition) is 3. The van der Waals surface area contributed by atoms with Crippen molar-refractivity contribution in [3.05, 3.63) is 40.6 Å². The largest absolute Gasteiger partial charge is 0.398 e. The zero-order valence-corrected chi connectivity index (χ0v) is 17.3. The molecule has 0 bridgehead atoms. The number of hydrogen-bond acceptors (Lipinski definition) is 9. The first-order valence-corrected chi connectivity index (χ1v) is 10.1. The molecule has 4 aromatic rings. The maximum Gasteiger partial charge on any atom is 0.273 e. The van der Waals surface area contributed by atoms with Crippen LogP contribution in [0.5, 0.6) is 0 Å². The number of nitrogen functional groups attached to an aromatic ring is 1. The van der Waals surface area contributed by atoms with Crippen LogP contribution >= 0.6 is 0 Å². The molecule has 4 aromatic heterocycles. The summed E-state index contributed by atoms with van der Waals surface area (Å²) in [4.78, 5) is 27.5. The van der Waals surface area contributed by atoms with Gasteiger partial charge >= 0.3 is 0 Å². The number of nitrogens with one attached hydrogen (secondary N) is 2. The lowest BCUT2D eigenvalue weighted by atomic mass is 9.96. The van der Waals surface area contributed by atoms with Crippen molar-refractivity contribution < 1.29 is 4.52 Å². The van der Waals surface area contributed by atoms with Crippen molar-refractivity contribution in [2.24, 2.45) is 7.05 Å². The van der Waals surface area contributed by atoms with Gasteiger partial charge in [-0.1, -0.05) is 5.16 Å². The van der Waals surface area contributed by atoms with Crippen molar-refractivity contribution in [3.63, 3.8) is 0 Å². The maximum atomic E-state index is 11.8. The Morgan fingerprint density at radius 2 is 2.00 bits per heavy atom. The lowest BCUT2D eigenvalue weighted by molar-refractivity contribution is 0.248. The Balaban J connectivity index is 1.36. The fourth-order valence-corrected chi connectivity index (χ4v) is 3.84. The summed E-state index contributed by atoms with van der Waals surface area (Å²) in [6, 6.07) is 5.12. The van der Waals surface area contributed by atoms with Gasteiger partial charge in [0.1, 0.15) is 11.6 Å². The maximum absolute atomic E-state index is 11.8. The molecule has 160 valence electrons. The Hall–Kier alpha value is -3.73. The monoisotopic (exact) mass is 421 g/mol. The Kier molecular flexibility index (Phi) is 4.66. The summed E-state index contributed by atoms with van der Waals surface area (Å²) in [5, 5.41) is 10.5. The number of nitrogens with zero attached hydrogens (tertiary/aromatic N) is 6. The van der Waals surface area contributed by atoms with E-state index in [-0.39, 0.29) is 5.56 Å². The van der Waals surface area contributed by atoms with E-state index in [4.69, 9.17) is 10.3 Å². The highest BCUT2D eigenvalue weighted by Gasteiger charge is 2.24. The Bertz CT molecular complexity index is 1300. The van der Waals surface area contributed by atoms with Gasteiger partial charge in [-0.25, -0.2) is 9.97 Å². The van der Waals surface area contributed by atoms with Crippen LogP contribution in [0.25, 0.3) is 22.5 Å². The van der Waals surface area contributed by atoms with Crippen LogP contribution in [0.2, 0.25) is 0 Å². The minimum atomic E-state index is -0.178. The molecule has 5 rings (SSSR count). The molecule has 11 heteroatoms. The summed E-state index contributed by atoms with van der Waals surface area (Å²) >= 11 is 0.